The number of benzene rings is 3. The number of hydrogen-bond acceptors (Lipinski definition) is 4. The summed E-state index contributed by atoms with van der Waals surface area (Å²) in [6.07, 6.45) is -1.94. The molecule has 2 fully saturated rings. The zero-order valence-corrected chi connectivity index (χ0v) is 19.5. The van der Waals surface area contributed by atoms with E-state index in [9.17, 15) is 27.5 Å². The molecule has 0 bridgehead atoms. The number of fused-ring (bicyclic) bond motifs is 2. The summed E-state index contributed by atoms with van der Waals surface area (Å²) < 4.78 is 79.7. The molecule has 3 heterocycles. The number of halogens is 5. The highest BCUT2D eigenvalue weighted by Crippen LogP contribution is 2.44. The maximum Gasteiger partial charge on any atom is 0.216 e. The zero-order valence-electron chi connectivity index (χ0n) is 19.5. The fourth-order valence-corrected chi connectivity index (χ4v) is 5.01. The van der Waals surface area contributed by atoms with E-state index in [1.807, 2.05) is 0 Å². The van der Waals surface area contributed by atoms with Gasteiger partial charge in [-0.25, -0.2) is 26.5 Å². The Labute approximate surface area is 207 Å². The smallest absolute Gasteiger partial charge is 0.216 e. The molecular weight excluding hydrogens is 495 g/mol. The van der Waals surface area contributed by atoms with E-state index < -0.39 is 52.5 Å². The highest BCUT2D eigenvalue weighted by Gasteiger charge is 2.33. The van der Waals surface area contributed by atoms with Crippen LogP contribution in [0.4, 0.5) is 27.6 Å². The van der Waals surface area contributed by atoms with Crippen molar-refractivity contribution in [3.05, 3.63) is 70.3 Å². The Morgan fingerprint density at radius 1 is 0.973 bits per heavy atom. The van der Waals surface area contributed by atoms with Gasteiger partial charge in [0.1, 0.15) is 23.3 Å². The van der Waals surface area contributed by atoms with Gasteiger partial charge in [-0.1, -0.05) is 0 Å². The molecule has 37 heavy (non-hydrogen) atoms. The standard InChI is InChI=1S/C27H19F5N2O3/c1-12-24(30)22(23(27(35)36)26(32)25(12)31)21-17-4-2-15(33-8-13(28)9-33)6-19(17)37-20-7-16(3-5-18(20)21)34-10-14(29)11-34/h2-7,13-14H,8-11H2,1H3. The van der Waals surface area contributed by atoms with Crippen molar-refractivity contribution in [1.82, 2.24) is 4.58 Å². The summed E-state index contributed by atoms with van der Waals surface area (Å²) in [5.41, 5.74) is -1.56. The molecule has 0 N–H and O–H groups in total. The van der Waals surface area contributed by atoms with Crippen LogP contribution < -0.4 is 19.9 Å². The summed E-state index contributed by atoms with van der Waals surface area (Å²) in [6, 6.07) is 9.56. The van der Waals surface area contributed by atoms with Gasteiger partial charge in [0, 0.05) is 51.0 Å². The lowest BCUT2D eigenvalue weighted by Gasteiger charge is -2.36. The monoisotopic (exact) mass is 514 g/mol. The Morgan fingerprint density at radius 2 is 1.70 bits per heavy atom. The number of carboxylic acids is 1. The summed E-state index contributed by atoms with van der Waals surface area (Å²) in [5.74, 6) is -6.47. The Bertz CT molecular complexity index is 1650. The number of carbonyl (C=O) groups excluding carboxylic acids is 1. The van der Waals surface area contributed by atoms with E-state index in [-0.39, 0.29) is 54.0 Å². The van der Waals surface area contributed by atoms with Gasteiger partial charge in [-0.3, -0.25) is 0 Å². The lowest BCUT2D eigenvalue weighted by atomic mass is 9.88. The number of rotatable bonds is 3. The number of anilines is 1. The van der Waals surface area contributed by atoms with Crippen LogP contribution in [0.1, 0.15) is 15.9 Å². The maximum absolute atomic E-state index is 15.6. The van der Waals surface area contributed by atoms with Gasteiger partial charge in [0.2, 0.25) is 11.5 Å². The molecule has 4 aliphatic rings. The van der Waals surface area contributed by atoms with Crippen LogP contribution in [0.2, 0.25) is 0 Å². The summed E-state index contributed by atoms with van der Waals surface area (Å²) in [7, 11) is 0. The molecular formula is C27H19F5N2O3. The van der Waals surface area contributed by atoms with Crippen LogP contribution >= 0.6 is 0 Å². The second kappa shape index (κ2) is 8.29. The van der Waals surface area contributed by atoms with E-state index in [1.54, 1.807) is 45.9 Å². The van der Waals surface area contributed by atoms with Crippen molar-refractivity contribution >= 4 is 22.6 Å². The third-order valence-corrected chi connectivity index (χ3v) is 7.09. The molecule has 3 aliphatic heterocycles. The van der Waals surface area contributed by atoms with Gasteiger partial charge in [-0.15, -0.1) is 0 Å². The molecule has 10 heteroatoms. The number of aromatic carboxylic acids is 1. The van der Waals surface area contributed by atoms with Crippen molar-refractivity contribution in [1.29, 1.82) is 0 Å². The first kappa shape index (κ1) is 23.4. The Balaban J connectivity index is 1.71. The lowest BCUT2D eigenvalue weighted by Crippen LogP contribution is -2.50. The average Bonchev–Trinajstić information content (AvgIpc) is 2.83. The minimum Gasteiger partial charge on any atom is -0.545 e. The van der Waals surface area contributed by atoms with E-state index in [1.165, 1.54) is 0 Å². The SMILES string of the molecule is Cc1c(F)c(F)c(C(=O)[O-])c(-c2c3ccc(=[N+]4CC(F)C4)cc-3oc3cc(N4CC(F)C4)ccc23)c1F. The van der Waals surface area contributed by atoms with Crippen LogP contribution in [0.25, 0.3) is 33.4 Å². The largest absolute Gasteiger partial charge is 0.545 e. The summed E-state index contributed by atoms with van der Waals surface area (Å²) in [6.45, 7) is 1.74. The van der Waals surface area contributed by atoms with Gasteiger partial charge in [0.15, 0.2) is 24.7 Å². The first-order valence-corrected chi connectivity index (χ1v) is 11.6. The molecule has 0 aromatic heterocycles. The van der Waals surface area contributed by atoms with Gasteiger partial charge in [-0.05, 0) is 25.1 Å². The Morgan fingerprint density at radius 3 is 2.35 bits per heavy atom. The van der Waals surface area contributed by atoms with Gasteiger partial charge in [0.05, 0.1) is 25.1 Å². The third-order valence-electron chi connectivity index (χ3n) is 7.09. The average molecular weight is 514 g/mol. The minimum atomic E-state index is -2.08. The van der Waals surface area contributed by atoms with E-state index in [4.69, 9.17) is 4.42 Å². The highest BCUT2D eigenvalue weighted by atomic mass is 19.2. The van der Waals surface area contributed by atoms with Crippen molar-refractivity contribution < 1.29 is 36.3 Å². The molecule has 2 aromatic rings. The first-order chi connectivity index (χ1) is 17.6. The van der Waals surface area contributed by atoms with Crippen LogP contribution in [0.15, 0.2) is 40.8 Å². The molecule has 0 radical (unpaired) electrons. The van der Waals surface area contributed by atoms with Crippen molar-refractivity contribution in [2.75, 3.05) is 31.1 Å². The fraction of sp³-hybridized carbons (Fsp3) is 0.259. The van der Waals surface area contributed by atoms with Gasteiger partial charge in [0.25, 0.3) is 0 Å². The number of hydrogen-bond donors (Lipinski definition) is 0. The summed E-state index contributed by atoms with van der Waals surface area (Å²) in [4.78, 5) is 13.7. The Hall–Kier alpha value is -3.95. The molecule has 0 spiro atoms. The molecule has 2 aromatic carbocycles. The number of alkyl halides is 2. The number of carbonyl (C=O) groups is 1. The first-order valence-electron chi connectivity index (χ1n) is 11.6. The molecule has 190 valence electrons. The lowest BCUT2D eigenvalue weighted by molar-refractivity contribution is -0.255. The molecule has 0 amide bonds. The normalized spacial score (nSPS) is 17.8. The van der Waals surface area contributed by atoms with E-state index in [0.717, 1.165) is 6.92 Å². The van der Waals surface area contributed by atoms with Crippen molar-refractivity contribution in [3.8, 4) is 22.5 Å². The second-order valence-corrected chi connectivity index (χ2v) is 9.45. The van der Waals surface area contributed by atoms with E-state index in [2.05, 4.69) is 0 Å². The molecule has 0 atom stereocenters. The van der Waals surface area contributed by atoms with Gasteiger partial charge in [-0.2, -0.15) is 0 Å². The minimum absolute atomic E-state index is 0.0213. The van der Waals surface area contributed by atoms with E-state index >= 15 is 4.39 Å². The molecule has 2 saturated heterocycles. The molecule has 6 rings (SSSR count). The van der Waals surface area contributed by atoms with Crippen LogP contribution in [-0.4, -0.2) is 44.5 Å². The van der Waals surface area contributed by atoms with Crippen LogP contribution in [0.5, 0.6) is 0 Å². The third kappa shape index (κ3) is 3.57. The van der Waals surface area contributed by atoms with Crippen LogP contribution in [-0.2, 0) is 0 Å². The number of carboxylic acid groups (broad SMARTS) is 1. The predicted octanol–water partition coefficient (Wildman–Crippen LogP) is 3.58. The van der Waals surface area contributed by atoms with Crippen LogP contribution in [0, 0.1) is 24.4 Å². The summed E-state index contributed by atoms with van der Waals surface area (Å²) >= 11 is 0. The topological polar surface area (TPSA) is 59.5 Å². The zero-order chi connectivity index (χ0) is 26.2. The predicted molar refractivity (Wildman–Crippen MR) is 124 cm³/mol. The molecule has 1 aliphatic carbocycles. The fourth-order valence-electron chi connectivity index (χ4n) is 5.01. The number of nitrogens with zero attached hydrogens (tertiary/aromatic N) is 2. The van der Waals surface area contributed by atoms with Crippen LogP contribution in [0.3, 0.4) is 0 Å². The highest BCUT2D eigenvalue weighted by molar-refractivity contribution is 6.08. The second-order valence-electron chi connectivity index (χ2n) is 9.45. The van der Waals surface area contributed by atoms with Crippen molar-refractivity contribution in [3.63, 3.8) is 0 Å². The molecule has 0 unspecified atom stereocenters. The van der Waals surface area contributed by atoms with Gasteiger partial charge < -0.3 is 19.2 Å². The molecule has 0 saturated carbocycles. The molecule has 5 nitrogen and oxygen atoms in total. The summed E-state index contributed by atoms with van der Waals surface area (Å²) in [5, 5.41) is 12.8. The van der Waals surface area contributed by atoms with Gasteiger partial charge >= 0.3 is 0 Å². The quantitative estimate of drug-likeness (QED) is 0.182. The Kier molecular flexibility index (Phi) is 5.25. The maximum atomic E-state index is 15.6. The van der Waals surface area contributed by atoms with Crippen molar-refractivity contribution in [2.24, 2.45) is 0 Å². The van der Waals surface area contributed by atoms with E-state index in [0.29, 0.717) is 11.0 Å². The van der Waals surface area contributed by atoms with Crippen molar-refractivity contribution in [2.45, 2.75) is 19.3 Å².